The molecule has 4 heteroatoms. The predicted molar refractivity (Wildman–Crippen MR) is 41.0 cm³/mol. The Balaban J connectivity index is 2.59. The van der Waals surface area contributed by atoms with Crippen LogP contribution in [-0.4, -0.2) is 17.8 Å². The molecule has 56 valence electrons. The van der Waals surface area contributed by atoms with Crippen molar-refractivity contribution in [2.45, 2.75) is 11.6 Å². The van der Waals surface area contributed by atoms with Crippen LogP contribution in [0.2, 0.25) is 0 Å². The lowest BCUT2D eigenvalue weighted by atomic mass is 10.3. The number of rotatable bonds is 3. The molecule has 1 heterocycles. The molecular weight excluding hydrogens is 148 g/mol. The van der Waals surface area contributed by atoms with Crippen molar-refractivity contribution in [3.63, 3.8) is 0 Å². The van der Waals surface area contributed by atoms with Crippen molar-refractivity contribution in [1.82, 2.24) is 4.98 Å². The van der Waals surface area contributed by atoms with Gasteiger partial charge in [0.05, 0.1) is 5.69 Å². The van der Waals surface area contributed by atoms with Crippen molar-refractivity contribution in [3.8, 4) is 0 Å². The van der Waals surface area contributed by atoms with Gasteiger partial charge in [-0.1, -0.05) is 11.8 Å². The molecule has 0 unspecified atom stereocenters. The molecule has 0 amide bonds. The van der Waals surface area contributed by atoms with Gasteiger partial charge >= 0.3 is 0 Å². The van der Waals surface area contributed by atoms with Crippen LogP contribution in [0, 0.1) is 0 Å². The first-order chi connectivity index (χ1) is 4.86. The van der Waals surface area contributed by atoms with Crippen molar-refractivity contribution in [1.29, 1.82) is 0 Å². The molecule has 0 spiro atoms. The highest BCUT2D eigenvalue weighted by Crippen LogP contribution is 2.12. The van der Waals surface area contributed by atoms with E-state index in [1.165, 1.54) is 11.8 Å². The van der Waals surface area contributed by atoms with E-state index in [0.717, 1.165) is 12.1 Å². The second-order valence-corrected chi connectivity index (χ2v) is 2.61. The standard InChI is InChI=1S/C6H10N2OS/c1-10-6-8-5(2-3-7)4-9-6/h4H,2-3,7H2,1H3. The minimum Gasteiger partial charge on any atom is -0.440 e. The Hall–Kier alpha value is -0.480. The first-order valence-electron chi connectivity index (χ1n) is 3.05. The fraction of sp³-hybridized carbons (Fsp3) is 0.500. The Kier molecular flexibility index (Phi) is 2.77. The molecule has 0 aliphatic carbocycles. The van der Waals surface area contributed by atoms with Gasteiger partial charge in [0.2, 0.25) is 0 Å². The normalized spacial score (nSPS) is 10.2. The number of nitrogens with zero attached hydrogens (tertiary/aromatic N) is 1. The molecule has 10 heavy (non-hydrogen) atoms. The van der Waals surface area contributed by atoms with E-state index >= 15 is 0 Å². The fourth-order valence-corrected chi connectivity index (χ4v) is 0.998. The summed E-state index contributed by atoms with van der Waals surface area (Å²) in [5.41, 5.74) is 6.26. The Morgan fingerprint density at radius 3 is 3.10 bits per heavy atom. The molecule has 0 radical (unpaired) electrons. The monoisotopic (exact) mass is 158 g/mol. The van der Waals surface area contributed by atoms with Crippen LogP contribution in [0.25, 0.3) is 0 Å². The summed E-state index contributed by atoms with van der Waals surface area (Å²) in [4.78, 5) is 4.13. The minimum absolute atomic E-state index is 0.625. The van der Waals surface area contributed by atoms with Crippen molar-refractivity contribution >= 4 is 11.8 Å². The Morgan fingerprint density at radius 2 is 2.60 bits per heavy atom. The summed E-state index contributed by atoms with van der Waals surface area (Å²) in [5, 5.41) is 0.712. The average Bonchev–Trinajstić information content (AvgIpc) is 2.37. The number of oxazole rings is 1. The number of nitrogens with two attached hydrogens (primary N) is 1. The third kappa shape index (κ3) is 1.75. The zero-order valence-electron chi connectivity index (χ0n) is 5.83. The van der Waals surface area contributed by atoms with E-state index in [1.54, 1.807) is 6.26 Å². The quantitative estimate of drug-likeness (QED) is 0.664. The third-order valence-corrected chi connectivity index (χ3v) is 1.64. The van der Waals surface area contributed by atoms with E-state index in [-0.39, 0.29) is 0 Å². The number of hydrogen-bond acceptors (Lipinski definition) is 4. The lowest BCUT2D eigenvalue weighted by Crippen LogP contribution is -2.02. The van der Waals surface area contributed by atoms with E-state index in [1.807, 2.05) is 6.26 Å². The SMILES string of the molecule is CSc1nc(CCN)co1. The molecule has 0 bridgehead atoms. The van der Waals surface area contributed by atoms with Crippen LogP contribution < -0.4 is 5.73 Å². The maximum atomic E-state index is 5.32. The van der Waals surface area contributed by atoms with Gasteiger partial charge in [-0.3, -0.25) is 0 Å². The van der Waals surface area contributed by atoms with Crippen LogP contribution >= 0.6 is 11.8 Å². The molecular formula is C6H10N2OS. The Labute approximate surface area is 64.0 Å². The van der Waals surface area contributed by atoms with E-state index in [9.17, 15) is 0 Å². The van der Waals surface area contributed by atoms with Crippen LogP contribution in [0.5, 0.6) is 0 Å². The zero-order valence-corrected chi connectivity index (χ0v) is 6.65. The van der Waals surface area contributed by atoms with Crippen LogP contribution in [0.4, 0.5) is 0 Å². The summed E-state index contributed by atoms with van der Waals surface area (Å²) in [6.07, 6.45) is 4.38. The highest BCUT2D eigenvalue weighted by atomic mass is 32.2. The molecule has 1 rings (SSSR count). The number of hydrogen-bond donors (Lipinski definition) is 1. The summed E-state index contributed by atoms with van der Waals surface area (Å²) in [6.45, 7) is 0.625. The molecule has 0 fully saturated rings. The summed E-state index contributed by atoms with van der Waals surface area (Å²) in [7, 11) is 0. The van der Waals surface area contributed by atoms with Gasteiger partial charge in [0, 0.05) is 6.42 Å². The molecule has 0 aromatic carbocycles. The van der Waals surface area contributed by atoms with Gasteiger partial charge in [-0.05, 0) is 12.8 Å². The maximum absolute atomic E-state index is 5.32. The van der Waals surface area contributed by atoms with E-state index < -0.39 is 0 Å². The highest BCUT2D eigenvalue weighted by Gasteiger charge is 1.99. The van der Waals surface area contributed by atoms with Crippen molar-refractivity contribution in [3.05, 3.63) is 12.0 Å². The molecule has 0 aliphatic rings. The largest absolute Gasteiger partial charge is 0.440 e. The predicted octanol–water partition coefficient (Wildman–Crippen LogP) is 0.898. The summed E-state index contributed by atoms with van der Waals surface area (Å²) >= 11 is 1.50. The molecule has 0 saturated heterocycles. The van der Waals surface area contributed by atoms with E-state index in [0.29, 0.717) is 11.8 Å². The molecule has 1 aromatic heterocycles. The van der Waals surface area contributed by atoms with Gasteiger partial charge in [0.15, 0.2) is 0 Å². The second-order valence-electron chi connectivity index (χ2n) is 1.85. The smallest absolute Gasteiger partial charge is 0.255 e. The van der Waals surface area contributed by atoms with Gasteiger partial charge in [0.25, 0.3) is 5.22 Å². The molecule has 1 aromatic rings. The first-order valence-corrected chi connectivity index (χ1v) is 4.27. The number of aromatic nitrogens is 1. The molecule has 0 saturated carbocycles. The maximum Gasteiger partial charge on any atom is 0.255 e. The summed E-state index contributed by atoms with van der Waals surface area (Å²) in [6, 6.07) is 0. The van der Waals surface area contributed by atoms with Crippen LogP contribution in [-0.2, 0) is 6.42 Å². The molecule has 2 N–H and O–H groups in total. The summed E-state index contributed by atoms with van der Waals surface area (Å²) in [5.74, 6) is 0. The van der Waals surface area contributed by atoms with Crippen LogP contribution in [0.15, 0.2) is 15.9 Å². The lowest BCUT2D eigenvalue weighted by Gasteiger charge is -1.85. The van der Waals surface area contributed by atoms with Gasteiger partial charge in [0.1, 0.15) is 6.26 Å². The van der Waals surface area contributed by atoms with Gasteiger partial charge in [-0.25, -0.2) is 4.98 Å². The van der Waals surface area contributed by atoms with Crippen LogP contribution in [0.1, 0.15) is 5.69 Å². The Bertz CT molecular complexity index is 199. The van der Waals surface area contributed by atoms with E-state index in [2.05, 4.69) is 4.98 Å². The second kappa shape index (κ2) is 3.63. The van der Waals surface area contributed by atoms with Crippen molar-refractivity contribution < 1.29 is 4.42 Å². The fourth-order valence-electron chi connectivity index (χ4n) is 0.645. The third-order valence-electron chi connectivity index (χ3n) is 1.11. The highest BCUT2D eigenvalue weighted by molar-refractivity contribution is 7.98. The topological polar surface area (TPSA) is 52.0 Å². The molecule has 3 nitrogen and oxygen atoms in total. The van der Waals surface area contributed by atoms with Crippen molar-refractivity contribution in [2.24, 2.45) is 5.73 Å². The van der Waals surface area contributed by atoms with Gasteiger partial charge in [-0.2, -0.15) is 0 Å². The lowest BCUT2D eigenvalue weighted by molar-refractivity contribution is 0.454. The average molecular weight is 158 g/mol. The Morgan fingerprint density at radius 1 is 1.80 bits per heavy atom. The number of thioether (sulfide) groups is 1. The minimum atomic E-state index is 0.625. The van der Waals surface area contributed by atoms with E-state index in [4.69, 9.17) is 10.2 Å². The van der Waals surface area contributed by atoms with Gasteiger partial charge < -0.3 is 10.2 Å². The van der Waals surface area contributed by atoms with Crippen molar-refractivity contribution in [2.75, 3.05) is 12.8 Å². The van der Waals surface area contributed by atoms with Gasteiger partial charge in [-0.15, -0.1) is 0 Å². The van der Waals surface area contributed by atoms with Crippen LogP contribution in [0.3, 0.4) is 0 Å². The zero-order chi connectivity index (χ0) is 7.40. The molecule has 0 atom stereocenters. The first kappa shape index (κ1) is 7.63. The molecule has 0 aliphatic heterocycles. The summed E-state index contributed by atoms with van der Waals surface area (Å²) < 4.78 is 5.06.